The fourth-order valence-corrected chi connectivity index (χ4v) is 3.67. The van der Waals surface area contributed by atoms with Crippen molar-refractivity contribution in [1.82, 2.24) is 0 Å². The maximum absolute atomic E-state index is 6.26. The van der Waals surface area contributed by atoms with Gasteiger partial charge in [0, 0.05) is 10.9 Å². The molecule has 1 aliphatic carbocycles. The summed E-state index contributed by atoms with van der Waals surface area (Å²) in [6.07, 6.45) is 5.76. The van der Waals surface area contributed by atoms with Crippen molar-refractivity contribution in [2.75, 3.05) is 5.88 Å². The molecule has 2 aromatic rings. The van der Waals surface area contributed by atoms with E-state index in [0.29, 0.717) is 11.8 Å². The highest BCUT2D eigenvalue weighted by Gasteiger charge is 2.15. The van der Waals surface area contributed by atoms with Crippen molar-refractivity contribution < 1.29 is 0 Å². The molecule has 0 radical (unpaired) electrons. The highest BCUT2D eigenvalue weighted by Crippen LogP contribution is 2.26. The molecule has 0 aromatic heterocycles. The van der Waals surface area contributed by atoms with Crippen LogP contribution in [0.3, 0.4) is 0 Å². The summed E-state index contributed by atoms with van der Waals surface area (Å²) >= 11 is 12.5. The quantitative estimate of drug-likeness (QED) is 0.641. The van der Waals surface area contributed by atoms with Crippen molar-refractivity contribution in [3.63, 3.8) is 0 Å². The predicted octanol–water partition coefficient (Wildman–Crippen LogP) is 5.47. The summed E-state index contributed by atoms with van der Waals surface area (Å²) in [5, 5.41) is 0.849. The van der Waals surface area contributed by atoms with Gasteiger partial charge in [0.15, 0.2) is 0 Å². The summed E-state index contributed by atoms with van der Waals surface area (Å²) in [7, 11) is 0. The van der Waals surface area contributed by atoms with E-state index < -0.39 is 0 Å². The molecule has 110 valence electrons. The molecule has 1 atom stereocenters. The SMILES string of the molecule is ClCC(Cc1ccc2c(c1)CCC2)Cc1ccccc1Cl. The van der Waals surface area contributed by atoms with E-state index in [1.807, 2.05) is 18.2 Å². The Morgan fingerprint density at radius 1 is 0.952 bits per heavy atom. The Kier molecular flexibility index (Phi) is 4.87. The molecule has 0 spiro atoms. The predicted molar refractivity (Wildman–Crippen MR) is 91.5 cm³/mol. The summed E-state index contributed by atoms with van der Waals surface area (Å²) in [4.78, 5) is 0. The van der Waals surface area contributed by atoms with Gasteiger partial charge in [0.05, 0.1) is 0 Å². The van der Waals surface area contributed by atoms with Crippen LogP contribution in [-0.4, -0.2) is 5.88 Å². The number of alkyl halides is 1. The highest BCUT2D eigenvalue weighted by molar-refractivity contribution is 6.31. The molecule has 1 unspecified atom stereocenters. The zero-order valence-electron chi connectivity index (χ0n) is 12.1. The van der Waals surface area contributed by atoms with E-state index in [1.165, 1.54) is 36.0 Å². The molecule has 2 aromatic carbocycles. The summed E-state index contributed by atoms with van der Waals surface area (Å²) < 4.78 is 0. The highest BCUT2D eigenvalue weighted by atomic mass is 35.5. The van der Waals surface area contributed by atoms with Crippen LogP contribution < -0.4 is 0 Å². The maximum atomic E-state index is 6.26. The lowest BCUT2D eigenvalue weighted by Crippen LogP contribution is -2.10. The van der Waals surface area contributed by atoms with Crippen LogP contribution in [0.2, 0.25) is 5.02 Å². The van der Waals surface area contributed by atoms with Gasteiger partial charge in [0.25, 0.3) is 0 Å². The molecule has 0 bridgehead atoms. The Balaban J connectivity index is 1.71. The molecule has 2 heteroatoms. The second kappa shape index (κ2) is 6.85. The van der Waals surface area contributed by atoms with Crippen molar-refractivity contribution in [3.8, 4) is 0 Å². The van der Waals surface area contributed by atoms with Gasteiger partial charge < -0.3 is 0 Å². The van der Waals surface area contributed by atoms with Gasteiger partial charge >= 0.3 is 0 Å². The van der Waals surface area contributed by atoms with E-state index in [1.54, 1.807) is 5.56 Å². The van der Waals surface area contributed by atoms with Gasteiger partial charge in [-0.3, -0.25) is 0 Å². The molecule has 0 fully saturated rings. The molecule has 1 aliphatic rings. The minimum atomic E-state index is 0.436. The molecule has 0 saturated heterocycles. The number of rotatable bonds is 5. The topological polar surface area (TPSA) is 0 Å². The van der Waals surface area contributed by atoms with Crippen LogP contribution in [0.4, 0.5) is 0 Å². The van der Waals surface area contributed by atoms with Gasteiger partial charge in [0.2, 0.25) is 0 Å². The van der Waals surface area contributed by atoms with Gasteiger partial charge in [-0.25, -0.2) is 0 Å². The Morgan fingerprint density at radius 2 is 1.76 bits per heavy atom. The molecule has 0 saturated carbocycles. The lowest BCUT2D eigenvalue weighted by Gasteiger charge is -2.16. The Bertz CT molecular complexity index is 619. The van der Waals surface area contributed by atoms with E-state index in [-0.39, 0.29) is 0 Å². The number of halogens is 2. The number of benzene rings is 2. The Morgan fingerprint density at radius 3 is 2.57 bits per heavy atom. The number of fused-ring (bicyclic) bond motifs is 1. The average molecular weight is 319 g/mol. The van der Waals surface area contributed by atoms with Crippen LogP contribution >= 0.6 is 23.2 Å². The zero-order valence-corrected chi connectivity index (χ0v) is 13.6. The number of aryl methyl sites for hydroxylation is 2. The third kappa shape index (κ3) is 3.62. The third-order valence-electron chi connectivity index (χ3n) is 4.37. The molecular weight excluding hydrogens is 299 g/mol. The fourth-order valence-electron chi connectivity index (χ4n) is 3.24. The van der Waals surface area contributed by atoms with Crippen molar-refractivity contribution in [1.29, 1.82) is 0 Å². The van der Waals surface area contributed by atoms with Crippen LogP contribution in [0.15, 0.2) is 42.5 Å². The molecule has 21 heavy (non-hydrogen) atoms. The minimum absolute atomic E-state index is 0.436. The standard InChI is InChI=1S/C19H20Cl2/c20-13-15(12-18-4-1-2-7-19(18)21)10-14-8-9-16-5-3-6-17(16)11-14/h1-2,4,7-9,11,15H,3,5-6,10,12-13H2. The number of hydrogen-bond acceptors (Lipinski definition) is 0. The molecule has 0 heterocycles. The average Bonchev–Trinajstić information content (AvgIpc) is 2.96. The van der Waals surface area contributed by atoms with E-state index in [0.717, 1.165) is 17.9 Å². The van der Waals surface area contributed by atoms with Crippen LogP contribution in [0, 0.1) is 5.92 Å². The van der Waals surface area contributed by atoms with Gasteiger partial charge in [-0.15, -0.1) is 11.6 Å². The lowest BCUT2D eigenvalue weighted by molar-refractivity contribution is 0.584. The van der Waals surface area contributed by atoms with E-state index >= 15 is 0 Å². The largest absolute Gasteiger partial charge is 0.126 e. The fraction of sp³-hybridized carbons (Fsp3) is 0.368. The summed E-state index contributed by atoms with van der Waals surface area (Å²) in [5.74, 6) is 1.11. The summed E-state index contributed by atoms with van der Waals surface area (Å²) in [6, 6.07) is 15.0. The second-order valence-electron chi connectivity index (χ2n) is 5.98. The van der Waals surface area contributed by atoms with E-state index in [9.17, 15) is 0 Å². The van der Waals surface area contributed by atoms with Crippen LogP contribution in [0.25, 0.3) is 0 Å². The van der Waals surface area contributed by atoms with Crippen LogP contribution in [-0.2, 0) is 25.7 Å². The first-order valence-corrected chi connectivity index (χ1v) is 8.57. The minimum Gasteiger partial charge on any atom is -0.126 e. The van der Waals surface area contributed by atoms with Gasteiger partial charge in [-0.2, -0.15) is 0 Å². The lowest BCUT2D eigenvalue weighted by atomic mass is 9.92. The first-order valence-electron chi connectivity index (χ1n) is 7.66. The Labute approximate surface area is 137 Å². The van der Waals surface area contributed by atoms with Crippen molar-refractivity contribution in [2.45, 2.75) is 32.1 Å². The van der Waals surface area contributed by atoms with Gasteiger partial charge in [-0.05, 0) is 66.3 Å². The Hall–Kier alpha value is -0.980. The smallest absolute Gasteiger partial charge is 0.0438 e. The van der Waals surface area contributed by atoms with Crippen LogP contribution in [0.5, 0.6) is 0 Å². The maximum Gasteiger partial charge on any atom is 0.0438 e. The molecule has 0 nitrogen and oxygen atoms in total. The van der Waals surface area contributed by atoms with E-state index in [2.05, 4.69) is 24.3 Å². The van der Waals surface area contributed by atoms with Gasteiger partial charge in [-0.1, -0.05) is 48.0 Å². The zero-order chi connectivity index (χ0) is 14.7. The van der Waals surface area contributed by atoms with Crippen molar-refractivity contribution in [3.05, 3.63) is 69.7 Å². The van der Waals surface area contributed by atoms with Crippen LogP contribution in [0.1, 0.15) is 28.7 Å². The van der Waals surface area contributed by atoms with Crippen molar-refractivity contribution in [2.24, 2.45) is 5.92 Å². The summed E-state index contributed by atoms with van der Waals surface area (Å²) in [6.45, 7) is 0. The molecular formula is C19H20Cl2. The normalized spacial score (nSPS) is 15.0. The summed E-state index contributed by atoms with van der Waals surface area (Å²) in [5.41, 5.74) is 5.69. The first kappa shape index (κ1) is 14.9. The van der Waals surface area contributed by atoms with Crippen molar-refractivity contribution >= 4 is 23.2 Å². The number of hydrogen-bond donors (Lipinski definition) is 0. The third-order valence-corrected chi connectivity index (χ3v) is 5.18. The van der Waals surface area contributed by atoms with Gasteiger partial charge in [0.1, 0.15) is 0 Å². The molecule has 0 amide bonds. The monoisotopic (exact) mass is 318 g/mol. The first-order chi connectivity index (χ1) is 10.3. The second-order valence-corrected chi connectivity index (χ2v) is 6.69. The van der Waals surface area contributed by atoms with E-state index in [4.69, 9.17) is 23.2 Å². The molecule has 0 N–H and O–H groups in total. The molecule has 0 aliphatic heterocycles. The molecule has 3 rings (SSSR count).